The van der Waals surface area contributed by atoms with E-state index in [1.807, 2.05) is 13.8 Å². The van der Waals surface area contributed by atoms with Gasteiger partial charge in [0, 0.05) is 6.07 Å². The summed E-state index contributed by atoms with van der Waals surface area (Å²) >= 11 is 0. The highest BCUT2D eigenvalue weighted by Crippen LogP contribution is 2.50. The van der Waals surface area contributed by atoms with Crippen LogP contribution in [-0.4, -0.2) is 63.9 Å². The maximum Gasteiger partial charge on any atom is 0.323 e. The summed E-state index contributed by atoms with van der Waals surface area (Å²) in [5.74, 6) is -2.24. The molecule has 0 radical (unpaired) electrons. The molecule has 13 nitrogen and oxygen atoms in total. The molecule has 4 rings (SSSR count). The van der Waals surface area contributed by atoms with E-state index >= 15 is 0 Å². The number of rotatable bonds is 11. The van der Waals surface area contributed by atoms with Gasteiger partial charge in [-0.1, -0.05) is 26.7 Å². The number of carbonyl (C=O) groups excluding carboxylic acids is 1. The third-order valence-corrected chi connectivity index (χ3v) is 8.10. The van der Waals surface area contributed by atoms with E-state index in [2.05, 4.69) is 21.2 Å². The van der Waals surface area contributed by atoms with Crippen LogP contribution in [0.3, 0.4) is 0 Å². The van der Waals surface area contributed by atoms with Gasteiger partial charge in [-0.25, -0.2) is 19.0 Å². The zero-order valence-corrected chi connectivity index (χ0v) is 23.5. The van der Waals surface area contributed by atoms with E-state index in [-0.39, 0.29) is 36.2 Å². The molecule has 0 spiro atoms. The summed E-state index contributed by atoms with van der Waals surface area (Å²) in [6.07, 6.45) is 0.130. The Balaban J connectivity index is 1.49. The molecule has 1 unspecified atom stereocenters. The molecular weight excluding hydrogens is 534 g/mol. The Bertz CT molecular complexity index is 1280. The van der Waals surface area contributed by atoms with Gasteiger partial charge in [0.15, 0.2) is 17.4 Å². The lowest BCUT2D eigenvalue weighted by molar-refractivity contribution is -0.203. The average molecular weight is 569 g/mol. The van der Waals surface area contributed by atoms with Crippen molar-refractivity contribution in [3.8, 4) is 6.07 Å². The number of hydrogen-bond donors (Lipinski definition) is 2. The van der Waals surface area contributed by atoms with Crippen LogP contribution in [0.4, 0.5) is 10.2 Å². The molecule has 2 aromatic heterocycles. The zero-order valence-electron chi connectivity index (χ0n) is 22.5. The highest BCUT2D eigenvalue weighted by atomic mass is 31.1. The maximum atomic E-state index is 14.9. The van der Waals surface area contributed by atoms with Crippen molar-refractivity contribution in [2.75, 3.05) is 18.9 Å². The number of nitrogens with one attached hydrogen (secondary N) is 1. The molecule has 2 aliphatic heterocycles. The minimum absolute atomic E-state index is 0.0324. The van der Waals surface area contributed by atoms with Gasteiger partial charge in [0.1, 0.15) is 42.3 Å². The number of halogens is 1. The number of carbonyl (C=O) groups is 1. The highest BCUT2D eigenvalue weighted by molar-refractivity contribution is 7.36. The maximum absolute atomic E-state index is 14.9. The van der Waals surface area contributed by atoms with Crippen LogP contribution < -0.4 is 10.8 Å². The summed E-state index contributed by atoms with van der Waals surface area (Å²) in [5, 5.41) is 17.0. The van der Waals surface area contributed by atoms with Crippen LogP contribution >= 0.6 is 8.18 Å². The number of anilines is 1. The van der Waals surface area contributed by atoms with Crippen LogP contribution in [-0.2, 0) is 38.4 Å². The fourth-order valence-electron chi connectivity index (χ4n) is 4.80. The Morgan fingerprint density at radius 1 is 1.36 bits per heavy atom. The fourth-order valence-corrected chi connectivity index (χ4v) is 5.67. The van der Waals surface area contributed by atoms with Gasteiger partial charge >= 0.3 is 5.97 Å². The summed E-state index contributed by atoms with van der Waals surface area (Å²) in [7, 11) is -2.93. The standard InChI is InChI=1S/C24H34FN6O7P/c1-6-14(7-2)9-34-22(32)13(3)30-39(33)35-10-16-19-20(38-23(4,5)37-19)24(11-26,36-16)17-8-15(25)18-21(27)28-12-29-31(17)18/h8,12-14,16,19-20,39H,6-7,9-10H2,1-5H3,(H,30,33)(H2,27,28,29)/t13-,16+,19+,20+,24-/m0/s1. The van der Waals surface area contributed by atoms with E-state index in [1.54, 1.807) is 13.8 Å². The number of nitrogen functional groups attached to an aromatic ring is 1. The highest BCUT2D eigenvalue weighted by Gasteiger charge is 2.65. The monoisotopic (exact) mass is 568 g/mol. The first-order valence-electron chi connectivity index (χ1n) is 12.8. The number of hydrogen-bond acceptors (Lipinski definition) is 11. The molecular formula is C24H34FN6O7P. The third kappa shape index (κ3) is 5.66. The predicted octanol–water partition coefficient (Wildman–Crippen LogP) is 2.45. The van der Waals surface area contributed by atoms with Crippen molar-refractivity contribution in [2.24, 2.45) is 5.92 Å². The zero-order chi connectivity index (χ0) is 28.5. The van der Waals surface area contributed by atoms with Gasteiger partial charge < -0.3 is 29.2 Å². The molecule has 0 saturated carbocycles. The Hall–Kier alpha value is -2.66. The second-order valence-electron chi connectivity index (χ2n) is 10.1. The summed E-state index contributed by atoms with van der Waals surface area (Å²) in [4.78, 5) is 16.1. The molecule has 15 heteroatoms. The number of fused-ring (bicyclic) bond motifs is 2. The van der Waals surface area contributed by atoms with Gasteiger partial charge in [0.2, 0.25) is 5.60 Å². The van der Waals surface area contributed by atoms with E-state index < -0.39 is 55.7 Å². The molecule has 214 valence electrons. The van der Waals surface area contributed by atoms with Crippen molar-refractivity contribution in [1.82, 2.24) is 19.7 Å². The summed E-state index contributed by atoms with van der Waals surface area (Å²) in [6, 6.07) is 2.33. The molecule has 4 heterocycles. The van der Waals surface area contributed by atoms with Gasteiger partial charge in [-0.3, -0.25) is 9.36 Å². The lowest BCUT2D eigenvalue weighted by Gasteiger charge is -2.28. The minimum Gasteiger partial charge on any atom is -0.464 e. The lowest BCUT2D eigenvalue weighted by atomic mass is 9.92. The summed E-state index contributed by atoms with van der Waals surface area (Å²) in [5.41, 5.74) is 3.89. The Kier molecular flexibility index (Phi) is 8.61. The van der Waals surface area contributed by atoms with Crippen molar-refractivity contribution in [3.63, 3.8) is 0 Å². The van der Waals surface area contributed by atoms with Crippen LogP contribution in [0.1, 0.15) is 53.2 Å². The second kappa shape index (κ2) is 11.4. The molecule has 39 heavy (non-hydrogen) atoms. The molecule has 0 bridgehead atoms. The predicted molar refractivity (Wildman–Crippen MR) is 136 cm³/mol. The van der Waals surface area contributed by atoms with E-state index in [0.717, 1.165) is 29.8 Å². The first-order valence-corrected chi connectivity index (χ1v) is 14.1. The van der Waals surface area contributed by atoms with Gasteiger partial charge in [0.05, 0.1) is 18.9 Å². The summed E-state index contributed by atoms with van der Waals surface area (Å²) in [6.45, 7) is 8.92. The van der Waals surface area contributed by atoms with Crippen molar-refractivity contribution in [2.45, 2.75) is 83.2 Å². The number of ether oxygens (including phenoxy) is 4. The fraction of sp³-hybridized carbons (Fsp3) is 0.667. The Morgan fingerprint density at radius 3 is 2.74 bits per heavy atom. The molecule has 6 atom stereocenters. The van der Waals surface area contributed by atoms with E-state index in [4.69, 9.17) is 29.2 Å². The topological polar surface area (TPSA) is 172 Å². The third-order valence-electron chi connectivity index (χ3n) is 7.00. The van der Waals surface area contributed by atoms with Crippen LogP contribution in [0.25, 0.3) is 5.52 Å². The molecule has 2 saturated heterocycles. The average Bonchev–Trinajstić information content (AvgIpc) is 3.50. The largest absolute Gasteiger partial charge is 0.464 e. The molecule has 2 aliphatic rings. The molecule has 2 fully saturated rings. The lowest BCUT2D eigenvalue weighted by Crippen LogP contribution is -2.40. The SMILES string of the molecule is CCC(CC)COC(=O)[C@H](C)N[PH](=O)OC[C@H]1O[C@@](C#N)(c2cc(F)c3c(N)ncnn23)[C@@H]2OC(C)(C)O[C@@H]21. The molecule has 0 aliphatic carbocycles. The molecule has 0 aromatic carbocycles. The number of nitrogens with zero attached hydrogens (tertiary/aromatic N) is 4. The second-order valence-corrected chi connectivity index (χ2v) is 11.2. The first-order chi connectivity index (χ1) is 18.5. The van der Waals surface area contributed by atoms with Crippen molar-refractivity contribution in [1.29, 1.82) is 5.26 Å². The van der Waals surface area contributed by atoms with Crippen molar-refractivity contribution >= 4 is 25.5 Å². The van der Waals surface area contributed by atoms with Crippen LogP contribution in [0.5, 0.6) is 0 Å². The van der Waals surface area contributed by atoms with Crippen LogP contribution in [0.2, 0.25) is 0 Å². The molecule has 3 N–H and O–H groups in total. The van der Waals surface area contributed by atoms with Gasteiger partial charge in [-0.15, -0.1) is 0 Å². The van der Waals surface area contributed by atoms with Gasteiger partial charge in [0.25, 0.3) is 8.18 Å². The number of aromatic nitrogens is 3. The number of nitrogens with two attached hydrogens (primary N) is 1. The molecule has 0 amide bonds. The quantitative estimate of drug-likeness (QED) is 0.300. The van der Waals surface area contributed by atoms with Crippen molar-refractivity contribution < 1.29 is 37.2 Å². The number of esters is 1. The Labute approximate surface area is 226 Å². The van der Waals surface area contributed by atoms with E-state index in [9.17, 15) is 19.0 Å². The van der Waals surface area contributed by atoms with Crippen LogP contribution in [0.15, 0.2) is 12.4 Å². The molecule has 2 aromatic rings. The van der Waals surface area contributed by atoms with Crippen LogP contribution in [0, 0.1) is 23.1 Å². The smallest absolute Gasteiger partial charge is 0.323 e. The Morgan fingerprint density at radius 2 is 2.08 bits per heavy atom. The van der Waals surface area contributed by atoms with Gasteiger partial charge in [-0.2, -0.15) is 10.4 Å². The first kappa shape index (κ1) is 29.3. The number of nitriles is 1. The van der Waals surface area contributed by atoms with Crippen molar-refractivity contribution in [3.05, 3.63) is 23.9 Å². The van der Waals surface area contributed by atoms with Gasteiger partial charge in [-0.05, 0) is 26.7 Å². The van der Waals surface area contributed by atoms with E-state index in [0.29, 0.717) is 0 Å². The summed E-state index contributed by atoms with van der Waals surface area (Å²) < 4.78 is 57.7. The minimum atomic E-state index is -2.93. The van der Waals surface area contributed by atoms with E-state index in [1.165, 1.54) is 6.92 Å². The normalized spacial score (nSPS) is 27.4.